The van der Waals surface area contributed by atoms with Crippen molar-refractivity contribution in [1.29, 1.82) is 0 Å². The molecule has 0 aliphatic carbocycles. The second kappa shape index (κ2) is 4.40. The van der Waals surface area contributed by atoms with Crippen LogP contribution in [0.15, 0.2) is 0 Å². The molecule has 0 heterocycles. The summed E-state index contributed by atoms with van der Waals surface area (Å²) in [6.45, 7) is 4.38. The highest BCUT2D eigenvalue weighted by molar-refractivity contribution is 4.74. The van der Waals surface area contributed by atoms with Gasteiger partial charge in [0, 0.05) is 6.42 Å². The summed E-state index contributed by atoms with van der Waals surface area (Å²) in [6, 6.07) is 0. The fourth-order valence-electron chi connectivity index (χ4n) is 1.35. The summed E-state index contributed by atoms with van der Waals surface area (Å²) in [5.41, 5.74) is -0.728. The van der Waals surface area contributed by atoms with E-state index in [-0.39, 0.29) is 0 Å². The maximum absolute atomic E-state index is 9.72. The van der Waals surface area contributed by atoms with Crippen molar-refractivity contribution in [3.05, 3.63) is 0 Å². The Bertz CT molecular complexity index is 149. The highest BCUT2D eigenvalue weighted by Gasteiger charge is 2.25. The quantitative estimate of drug-likeness (QED) is 0.623. The van der Waals surface area contributed by atoms with E-state index < -0.39 is 11.7 Å². The Morgan fingerprint density at radius 1 is 1.31 bits per heavy atom. The Morgan fingerprint density at radius 2 is 1.77 bits per heavy atom. The molecule has 0 bridgehead atoms. The third-order valence-corrected chi connectivity index (χ3v) is 2.20. The van der Waals surface area contributed by atoms with Crippen LogP contribution >= 0.6 is 0 Å². The summed E-state index contributed by atoms with van der Waals surface area (Å²) in [5, 5.41) is 19.4. The first-order valence-corrected chi connectivity index (χ1v) is 4.87. The number of hydrogen-bond acceptors (Lipinski definition) is 2. The molecule has 0 fully saturated rings. The first-order valence-electron chi connectivity index (χ1n) is 4.87. The Balaban J connectivity index is 3.94. The molecule has 3 heteroatoms. The molecule has 2 unspecified atom stereocenters. The van der Waals surface area contributed by atoms with Gasteiger partial charge in [0.15, 0.2) is 0 Å². The van der Waals surface area contributed by atoms with Crippen LogP contribution in [0.2, 0.25) is 0 Å². The first kappa shape index (κ1) is 12.9. The monoisotopic (exact) mass is 190 g/mol. The molecule has 0 saturated carbocycles. The fraction of sp³-hybridized carbons (Fsp3) is 1.00. The normalized spacial score (nSPS) is 19.6. The summed E-state index contributed by atoms with van der Waals surface area (Å²) < 4.78 is 0.723. The zero-order chi connectivity index (χ0) is 10.7. The van der Waals surface area contributed by atoms with Crippen molar-refractivity contribution in [2.24, 2.45) is 0 Å². The molecule has 0 aromatic rings. The van der Waals surface area contributed by atoms with E-state index in [4.69, 9.17) is 0 Å². The molecule has 2 atom stereocenters. The molecule has 0 aromatic heterocycles. The lowest BCUT2D eigenvalue weighted by atomic mass is 9.95. The predicted molar refractivity (Wildman–Crippen MR) is 54.4 cm³/mol. The Hall–Kier alpha value is -0.120. The molecular weight excluding hydrogens is 166 g/mol. The predicted octanol–water partition coefficient (Wildman–Crippen LogP) is 0.605. The van der Waals surface area contributed by atoms with Crippen molar-refractivity contribution < 1.29 is 14.7 Å². The lowest BCUT2D eigenvalue weighted by Crippen LogP contribution is -2.44. The maximum Gasteiger partial charge on any atom is 0.106 e. The average molecular weight is 190 g/mol. The molecular formula is C10H24NO2+. The fourth-order valence-corrected chi connectivity index (χ4v) is 1.35. The zero-order valence-electron chi connectivity index (χ0n) is 9.54. The number of aliphatic hydroxyl groups excluding tert-OH is 1. The topological polar surface area (TPSA) is 40.5 Å². The van der Waals surface area contributed by atoms with Crippen molar-refractivity contribution in [1.82, 2.24) is 0 Å². The van der Waals surface area contributed by atoms with Crippen LogP contribution in [-0.2, 0) is 0 Å². The lowest BCUT2D eigenvalue weighted by Gasteiger charge is -2.30. The number of quaternary nitrogens is 1. The zero-order valence-corrected chi connectivity index (χ0v) is 9.54. The molecule has 0 saturated heterocycles. The van der Waals surface area contributed by atoms with Gasteiger partial charge < -0.3 is 14.7 Å². The minimum atomic E-state index is -0.728. The van der Waals surface area contributed by atoms with Gasteiger partial charge in [0.25, 0.3) is 0 Å². The van der Waals surface area contributed by atoms with Crippen LogP contribution in [0.5, 0.6) is 0 Å². The van der Waals surface area contributed by atoms with Crippen LogP contribution in [0.1, 0.15) is 26.7 Å². The molecule has 3 nitrogen and oxygen atoms in total. The van der Waals surface area contributed by atoms with E-state index in [1.807, 2.05) is 28.1 Å². The lowest BCUT2D eigenvalue weighted by molar-refractivity contribution is -0.873. The van der Waals surface area contributed by atoms with E-state index in [0.717, 1.165) is 4.48 Å². The van der Waals surface area contributed by atoms with Crippen LogP contribution in [-0.4, -0.2) is 54.1 Å². The first-order chi connectivity index (χ1) is 5.66. The van der Waals surface area contributed by atoms with Crippen LogP contribution in [0.25, 0.3) is 0 Å². The van der Waals surface area contributed by atoms with E-state index in [1.54, 1.807) is 6.92 Å². The van der Waals surface area contributed by atoms with Gasteiger partial charge >= 0.3 is 0 Å². The van der Waals surface area contributed by atoms with E-state index in [0.29, 0.717) is 19.4 Å². The molecule has 0 aliphatic heterocycles. The number of aliphatic hydroxyl groups is 2. The minimum Gasteiger partial charge on any atom is -0.390 e. The van der Waals surface area contributed by atoms with E-state index in [2.05, 4.69) is 0 Å². The van der Waals surface area contributed by atoms with Crippen LogP contribution in [0.4, 0.5) is 0 Å². The highest BCUT2D eigenvalue weighted by Crippen LogP contribution is 2.16. The molecule has 0 radical (unpaired) electrons. The summed E-state index contributed by atoms with van der Waals surface area (Å²) in [6.07, 6.45) is 0.718. The molecule has 0 rings (SSSR count). The van der Waals surface area contributed by atoms with Crippen LogP contribution in [0.3, 0.4) is 0 Å². The van der Waals surface area contributed by atoms with Gasteiger partial charge in [-0.1, -0.05) is 6.92 Å². The number of nitrogens with zero attached hydrogens (tertiary/aromatic N) is 1. The second-order valence-corrected chi connectivity index (χ2v) is 5.18. The third kappa shape index (κ3) is 6.99. The van der Waals surface area contributed by atoms with E-state index in [9.17, 15) is 10.2 Å². The van der Waals surface area contributed by atoms with Gasteiger partial charge in [-0.05, 0) is 13.3 Å². The van der Waals surface area contributed by atoms with Crippen molar-refractivity contribution in [3.63, 3.8) is 0 Å². The summed E-state index contributed by atoms with van der Waals surface area (Å²) in [5.74, 6) is 0. The van der Waals surface area contributed by atoms with E-state index in [1.165, 1.54) is 0 Å². The summed E-state index contributed by atoms with van der Waals surface area (Å²) in [7, 11) is 6.09. The molecule has 13 heavy (non-hydrogen) atoms. The molecule has 80 valence electrons. The van der Waals surface area contributed by atoms with Gasteiger partial charge in [-0.3, -0.25) is 0 Å². The van der Waals surface area contributed by atoms with Crippen molar-refractivity contribution in [3.8, 4) is 0 Å². The molecule has 0 aliphatic rings. The standard InChI is InChI=1S/C10H24NO2/c1-6-10(2,13)7-9(12)8-11(3,4)5/h9,12-13H,6-8H2,1-5H3/q+1. The SMILES string of the molecule is CCC(C)(O)CC(O)C[N+](C)(C)C. The van der Waals surface area contributed by atoms with Gasteiger partial charge in [-0.2, -0.15) is 0 Å². The average Bonchev–Trinajstić information content (AvgIpc) is 1.81. The minimum absolute atomic E-state index is 0.421. The second-order valence-electron chi connectivity index (χ2n) is 5.18. The van der Waals surface area contributed by atoms with Gasteiger partial charge in [0.05, 0.1) is 26.7 Å². The molecule has 0 aromatic carbocycles. The van der Waals surface area contributed by atoms with Crippen LogP contribution < -0.4 is 0 Å². The molecule has 0 spiro atoms. The van der Waals surface area contributed by atoms with Crippen molar-refractivity contribution in [2.75, 3.05) is 27.7 Å². The molecule has 2 N–H and O–H groups in total. The Kier molecular flexibility index (Phi) is 4.36. The Morgan fingerprint density at radius 3 is 2.08 bits per heavy atom. The number of rotatable bonds is 5. The summed E-state index contributed by atoms with van der Waals surface area (Å²) in [4.78, 5) is 0. The number of likely N-dealkylation sites (N-methyl/N-ethyl adjacent to an activating group) is 1. The molecule has 0 amide bonds. The van der Waals surface area contributed by atoms with Crippen molar-refractivity contribution >= 4 is 0 Å². The Labute approximate surface area is 81.6 Å². The smallest absolute Gasteiger partial charge is 0.106 e. The van der Waals surface area contributed by atoms with Gasteiger partial charge in [0.2, 0.25) is 0 Å². The maximum atomic E-state index is 9.72. The number of hydrogen-bond donors (Lipinski definition) is 2. The van der Waals surface area contributed by atoms with E-state index >= 15 is 0 Å². The van der Waals surface area contributed by atoms with Crippen LogP contribution in [0, 0.1) is 0 Å². The summed E-state index contributed by atoms with van der Waals surface area (Å²) >= 11 is 0. The highest BCUT2D eigenvalue weighted by atomic mass is 16.3. The van der Waals surface area contributed by atoms with Gasteiger partial charge in [0.1, 0.15) is 12.6 Å². The third-order valence-electron chi connectivity index (χ3n) is 2.20. The van der Waals surface area contributed by atoms with Gasteiger partial charge in [-0.25, -0.2) is 0 Å². The van der Waals surface area contributed by atoms with Crippen molar-refractivity contribution in [2.45, 2.75) is 38.4 Å². The largest absolute Gasteiger partial charge is 0.390 e. The van der Waals surface area contributed by atoms with Gasteiger partial charge in [-0.15, -0.1) is 0 Å².